The van der Waals surface area contributed by atoms with Crippen LogP contribution in [0.15, 0.2) is 18.2 Å². The summed E-state index contributed by atoms with van der Waals surface area (Å²) in [6.45, 7) is 3.01. The van der Waals surface area contributed by atoms with Crippen LogP contribution in [0.1, 0.15) is 46.9 Å². The third kappa shape index (κ3) is 3.39. The van der Waals surface area contributed by atoms with E-state index in [0.29, 0.717) is 25.2 Å². The molecule has 0 spiro atoms. The Hall–Kier alpha value is -2.37. The van der Waals surface area contributed by atoms with Crippen LogP contribution in [0, 0.1) is 0 Å². The molecule has 1 heterocycles. The number of amides is 2. The van der Waals surface area contributed by atoms with E-state index >= 15 is 0 Å². The van der Waals surface area contributed by atoms with Crippen LogP contribution in [0.2, 0.25) is 0 Å². The van der Waals surface area contributed by atoms with Gasteiger partial charge in [0.2, 0.25) is 5.91 Å². The fraction of sp³-hybridized carbons (Fsp3) is 0.400. The second-order valence-electron chi connectivity index (χ2n) is 4.98. The number of carboxylic acids is 1. The molecule has 0 atom stereocenters. The van der Waals surface area contributed by atoms with Gasteiger partial charge in [-0.1, -0.05) is 6.92 Å². The molecular formula is C15H18N2O4. The number of rotatable bonds is 5. The van der Waals surface area contributed by atoms with Crippen molar-refractivity contribution in [1.29, 1.82) is 0 Å². The first-order valence-corrected chi connectivity index (χ1v) is 7.00. The number of hydrogen-bond acceptors (Lipinski definition) is 3. The minimum absolute atomic E-state index is 0.00819. The Labute approximate surface area is 122 Å². The molecule has 1 saturated heterocycles. The maximum absolute atomic E-state index is 12.0. The smallest absolute Gasteiger partial charge is 0.335 e. The molecule has 1 aromatic carbocycles. The van der Waals surface area contributed by atoms with E-state index < -0.39 is 5.97 Å². The zero-order valence-electron chi connectivity index (χ0n) is 11.9. The molecule has 21 heavy (non-hydrogen) atoms. The molecule has 6 nitrogen and oxygen atoms in total. The monoisotopic (exact) mass is 290 g/mol. The lowest BCUT2D eigenvalue weighted by molar-refractivity contribution is -0.117. The van der Waals surface area contributed by atoms with Crippen molar-refractivity contribution in [3.8, 4) is 0 Å². The van der Waals surface area contributed by atoms with Gasteiger partial charge in [0.15, 0.2) is 0 Å². The van der Waals surface area contributed by atoms with E-state index in [1.165, 1.54) is 17.0 Å². The molecular weight excluding hydrogens is 272 g/mol. The Balaban J connectivity index is 2.36. The minimum Gasteiger partial charge on any atom is -0.478 e. The van der Waals surface area contributed by atoms with Crippen molar-refractivity contribution in [2.75, 3.05) is 18.0 Å². The van der Waals surface area contributed by atoms with Crippen LogP contribution in [0.5, 0.6) is 0 Å². The maximum atomic E-state index is 12.0. The van der Waals surface area contributed by atoms with Crippen molar-refractivity contribution in [2.45, 2.75) is 26.2 Å². The fourth-order valence-corrected chi connectivity index (χ4v) is 2.28. The molecule has 1 aromatic rings. The van der Waals surface area contributed by atoms with Crippen LogP contribution in [-0.2, 0) is 4.79 Å². The lowest BCUT2D eigenvalue weighted by atomic mass is 10.1. The van der Waals surface area contributed by atoms with Crippen molar-refractivity contribution in [3.05, 3.63) is 29.3 Å². The lowest BCUT2D eigenvalue weighted by Gasteiger charge is -2.17. The molecule has 0 unspecified atom stereocenters. The van der Waals surface area contributed by atoms with Gasteiger partial charge in [0, 0.05) is 30.8 Å². The van der Waals surface area contributed by atoms with Gasteiger partial charge in [-0.05, 0) is 31.0 Å². The number of hydrogen-bond donors (Lipinski definition) is 2. The zero-order valence-corrected chi connectivity index (χ0v) is 11.9. The molecule has 2 amide bonds. The summed E-state index contributed by atoms with van der Waals surface area (Å²) in [5, 5.41) is 11.9. The van der Waals surface area contributed by atoms with Crippen molar-refractivity contribution in [1.82, 2.24) is 5.32 Å². The highest BCUT2D eigenvalue weighted by atomic mass is 16.4. The summed E-state index contributed by atoms with van der Waals surface area (Å²) < 4.78 is 0. The van der Waals surface area contributed by atoms with E-state index in [1.807, 2.05) is 6.92 Å². The molecule has 6 heteroatoms. The van der Waals surface area contributed by atoms with Gasteiger partial charge in [-0.2, -0.15) is 0 Å². The minimum atomic E-state index is -1.12. The summed E-state index contributed by atoms with van der Waals surface area (Å²) in [5.41, 5.74) is 0.742. The molecule has 2 N–H and O–H groups in total. The number of carboxylic acid groups (broad SMARTS) is 1. The summed E-state index contributed by atoms with van der Waals surface area (Å²) in [5.74, 6) is -1.49. The van der Waals surface area contributed by atoms with Gasteiger partial charge in [0.05, 0.1) is 5.56 Å². The van der Waals surface area contributed by atoms with E-state index in [2.05, 4.69) is 5.32 Å². The van der Waals surface area contributed by atoms with Crippen molar-refractivity contribution < 1.29 is 19.5 Å². The van der Waals surface area contributed by atoms with Crippen LogP contribution < -0.4 is 10.2 Å². The lowest BCUT2D eigenvalue weighted by Crippen LogP contribution is -2.27. The Morgan fingerprint density at radius 3 is 2.57 bits per heavy atom. The summed E-state index contributed by atoms with van der Waals surface area (Å²) >= 11 is 0. The highest BCUT2D eigenvalue weighted by molar-refractivity contribution is 6.02. The summed E-state index contributed by atoms with van der Waals surface area (Å²) in [7, 11) is 0. The summed E-state index contributed by atoms with van der Waals surface area (Å²) in [4.78, 5) is 36.5. The van der Waals surface area contributed by atoms with Crippen molar-refractivity contribution in [3.63, 3.8) is 0 Å². The number of benzene rings is 1. The van der Waals surface area contributed by atoms with Gasteiger partial charge in [0.1, 0.15) is 0 Å². The molecule has 1 fully saturated rings. The van der Waals surface area contributed by atoms with Gasteiger partial charge in [-0.3, -0.25) is 9.59 Å². The van der Waals surface area contributed by atoms with Crippen LogP contribution in [0.4, 0.5) is 5.69 Å². The highest BCUT2D eigenvalue weighted by Gasteiger charge is 2.24. The van der Waals surface area contributed by atoms with E-state index in [-0.39, 0.29) is 22.9 Å². The molecule has 0 bridgehead atoms. The first-order chi connectivity index (χ1) is 10.0. The van der Waals surface area contributed by atoms with Gasteiger partial charge in [-0.15, -0.1) is 0 Å². The van der Waals surface area contributed by atoms with Crippen molar-refractivity contribution >= 4 is 23.5 Å². The van der Waals surface area contributed by atoms with E-state index in [4.69, 9.17) is 5.11 Å². The van der Waals surface area contributed by atoms with Crippen LogP contribution in [0.25, 0.3) is 0 Å². The maximum Gasteiger partial charge on any atom is 0.335 e. The summed E-state index contributed by atoms with van der Waals surface area (Å²) in [6, 6.07) is 4.33. The highest BCUT2D eigenvalue weighted by Crippen LogP contribution is 2.24. The van der Waals surface area contributed by atoms with Crippen LogP contribution >= 0.6 is 0 Å². The molecule has 2 rings (SSSR count). The number of aromatic carboxylic acids is 1. The number of carbonyl (C=O) groups excluding carboxylic acids is 2. The average molecular weight is 290 g/mol. The topological polar surface area (TPSA) is 86.7 Å². The first kappa shape index (κ1) is 15.0. The van der Waals surface area contributed by atoms with Gasteiger partial charge in [-0.25, -0.2) is 4.79 Å². The Bertz CT molecular complexity index is 583. The number of anilines is 1. The SMILES string of the molecule is CCCNC(=O)c1cc(C(=O)O)cc(N2CCCC2=O)c1. The third-order valence-corrected chi connectivity index (χ3v) is 3.35. The fourth-order valence-electron chi connectivity index (χ4n) is 2.28. The number of nitrogens with zero attached hydrogens (tertiary/aromatic N) is 1. The summed E-state index contributed by atoms with van der Waals surface area (Å²) in [6.07, 6.45) is 1.99. The Morgan fingerprint density at radius 2 is 2.00 bits per heavy atom. The molecule has 1 aliphatic heterocycles. The molecule has 0 saturated carbocycles. The Kier molecular flexibility index (Phi) is 4.57. The van der Waals surface area contributed by atoms with Crippen LogP contribution in [-0.4, -0.2) is 36.0 Å². The standard InChI is InChI=1S/C15H18N2O4/c1-2-5-16-14(19)10-7-11(15(20)21)9-12(8-10)17-6-3-4-13(17)18/h7-9H,2-6H2,1H3,(H,16,19)(H,20,21). The van der Waals surface area contributed by atoms with Gasteiger partial charge < -0.3 is 15.3 Å². The first-order valence-electron chi connectivity index (χ1n) is 7.00. The largest absolute Gasteiger partial charge is 0.478 e. The molecule has 1 aliphatic rings. The second-order valence-corrected chi connectivity index (χ2v) is 4.98. The zero-order chi connectivity index (χ0) is 15.4. The number of nitrogens with one attached hydrogen (secondary N) is 1. The predicted molar refractivity (Wildman–Crippen MR) is 77.6 cm³/mol. The quantitative estimate of drug-likeness (QED) is 0.863. The molecule has 0 aromatic heterocycles. The predicted octanol–water partition coefficient (Wildman–Crippen LogP) is 1.65. The molecule has 0 radical (unpaired) electrons. The van der Waals surface area contributed by atoms with Gasteiger partial charge in [0.25, 0.3) is 5.91 Å². The Morgan fingerprint density at radius 1 is 1.29 bits per heavy atom. The van der Waals surface area contributed by atoms with Gasteiger partial charge >= 0.3 is 5.97 Å². The van der Waals surface area contributed by atoms with E-state index in [9.17, 15) is 14.4 Å². The van der Waals surface area contributed by atoms with E-state index in [1.54, 1.807) is 6.07 Å². The number of carbonyl (C=O) groups is 3. The molecule has 112 valence electrons. The molecule has 0 aliphatic carbocycles. The van der Waals surface area contributed by atoms with Crippen molar-refractivity contribution in [2.24, 2.45) is 0 Å². The average Bonchev–Trinajstić information content (AvgIpc) is 2.90. The van der Waals surface area contributed by atoms with Crippen LogP contribution in [0.3, 0.4) is 0 Å². The normalized spacial score (nSPS) is 14.3. The second kappa shape index (κ2) is 6.39. The van der Waals surface area contributed by atoms with E-state index in [0.717, 1.165) is 12.8 Å². The third-order valence-electron chi connectivity index (χ3n) is 3.35.